The van der Waals surface area contributed by atoms with Crippen molar-refractivity contribution < 1.29 is 16.5 Å². The molecule has 0 saturated carbocycles. The van der Waals surface area contributed by atoms with Crippen molar-refractivity contribution in [1.82, 2.24) is 0 Å². The van der Waals surface area contributed by atoms with E-state index in [1.165, 1.54) is 198 Å². The topological polar surface area (TPSA) is 24.7 Å². The van der Waals surface area contributed by atoms with E-state index in [9.17, 15) is 0 Å². The van der Waals surface area contributed by atoms with Gasteiger partial charge < -0.3 is 0 Å². The maximum absolute atomic E-state index is 5.13. The summed E-state index contributed by atoms with van der Waals surface area (Å²) >= 11 is 0. The summed E-state index contributed by atoms with van der Waals surface area (Å²) in [5, 5.41) is 0. The summed E-state index contributed by atoms with van der Waals surface area (Å²) in [7, 11) is 0. The van der Waals surface area contributed by atoms with Gasteiger partial charge >= 0.3 is 0 Å². The van der Waals surface area contributed by atoms with Gasteiger partial charge in [0.05, 0.1) is 22.8 Å². The van der Waals surface area contributed by atoms with Gasteiger partial charge in [-0.15, -0.1) is 0 Å². The number of nitrogens with zero attached hydrogens (tertiary/aromatic N) is 2. The van der Waals surface area contributed by atoms with Crippen LogP contribution in [0, 0.1) is 0 Å². The molecule has 0 aromatic heterocycles. The van der Waals surface area contributed by atoms with E-state index in [4.69, 9.17) is 9.98 Å². The number of aliphatic imine (C=N–C) groups is 2. The molecule has 0 bridgehead atoms. The monoisotopic (exact) mass is 743 g/mol. The predicted molar refractivity (Wildman–Crippen MR) is 226 cm³/mol. The largest absolute Gasteiger partial charge is 0.252 e. The van der Waals surface area contributed by atoms with Gasteiger partial charge in [-0.25, -0.2) is 0 Å². The number of unbranched alkanes of at least 4 members (excludes halogenated alkanes) is 28. The van der Waals surface area contributed by atoms with E-state index in [0.29, 0.717) is 0 Å². The van der Waals surface area contributed by atoms with Crippen LogP contribution in [0.15, 0.2) is 70.6 Å². The molecule has 0 spiro atoms. The normalized spacial score (nSPS) is 12.0. The van der Waals surface area contributed by atoms with E-state index >= 15 is 0 Å². The SMILES string of the molecule is CCCCCCCCCCCCCCCCCCCCCCCCCCCCCCC(=Nc1ccccc1)C(CCCC)=Nc1ccccc1.[Ni]. The van der Waals surface area contributed by atoms with Gasteiger partial charge in [-0.1, -0.05) is 230 Å². The number of para-hydroxylation sites is 2. The third kappa shape index (κ3) is 28.5. The van der Waals surface area contributed by atoms with E-state index in [1.807, 2.05) is 0 Å². The van der Waals surface area contributed by atoms with Crippen molar-refractivity contribution >= 4 is 22.8 Å². The zero-order chi connectivity index (χ0) is 35.4. The second kappa shape index (κ2) is 36.6. The molecule has 0 amide bonds. The minimum absolute atomic E-state index is 0. The summed E-state index contributed by atoms with van der Waals surface area (Å²) in [6.07, 6.45) is 44.6. The number of benzene rings is 2. The first-order valence-electron chi connectivity index (χ1n) is 22.1. The molecule has 0 aliphatic heterocycles. The van der Waals surface area contributed by atoms with Crippen LogP contribution in [0.1, 0.15) is 219 Å². The fraction of sp³-hybridized carbons (Fsp3) is 0.708. The van der Waals surface area contributed by atoms with Crippen molar-refractivity contribution in [1.29, 1.82) is 0 Å². The molecule has 0 heterocycles. The molecule has 2 nitrogen and oxygen atoms in total. The minimum atomic E-state index is 0. The van der Waals surface area contributed by atoms with Crippen LogP contribution in [0.4, 0.5) is 11.4 Å². The quantitative estimate of drug-likeness (QED) is 0.0382. The summed E-state index contributed by atoms with van der Waals surface area (Å²) in [5.74, 6) is 0. The van der Waals surface area contributed by atoms with Crippen LogP contribution in [-0.2, 0) is 16.5 Å². The average Bonchev–Trinajstić information content (AvgIpc) is 3.15. The Balaban J connectivity index is 0.0000130. The summed E-state index contributed by atoms with van der Waals surface area (Å²) in [5.41, 5.74) is 4.44. The van der Waals surface area contributed by atoms with Crippen molar-refractivity contribution in [2.45, 2.75) is 219 Å². The van der Waals surface area contributed by atoms with Crippen molar-refractivity contribution in [3.05, 3.63) is 60.7 Å². The minimum Gasteiger partial charge on any atom is -0.252 e. The van der Waals surface area contributed by atoms with Crippen LogP contribution in [0.5, 0.6) is 0 Å². The molecule has 0 radical (unpaired) electrons. The van der Waals surface area contributed by atoms with Crippen LogP contribution in [0.3, 0.4) is 0 Å². The molecular formula is C48H80N2Ni. The van der Waals surface area contributed by atoms with E-state index in [0.717, 1.165) is 30.6 Å². The molecule has 2 rings (SSSR count). The van der Waals surface area contributed by atoms with Crippen molar-refractivity contribution in [3.8, 4) is 0 Å². The Morgan fingerprint density at radius 2 is 0.549 bits per heavy atom. The molecule has 2 aromatic carbocycles. The van der Waals surface area contributed by atoms with Crippen LogP contribution in [0.2, 0.25) is 0 Å². The first-order chi connectivity index (χ1) is 24.8. The predicted octanol–water partition coefficient (Wildman–Crippen LogP) is 17.1. The Morgan fingerprint density at radius 1 is 0.314 bits per heavy atom. The van der Waals surface area contributed by atoms with E-state index in [-0.39, 0.29) is 16.5 Å². The van der Waals surface area contributed by atoms with Gasteiger partial charge in [0, 0.05) is 16.5 Å². The fourth-order valence-electron chi connectivity index (χ4n) is 7.15. The van der Waals surface area contributed by atoms with Crippen LogP contribution in [-0.4, -0.2) is 11.4 Å². The first kappa shape index (κ1) is 47.3. The molecule has 0 fully saturated rings. The Kier molecular flexibility index (Phi) is 34.0. The average molecular weight is 744 g/mol. The Morgan fingerprint density at radius 3 is 0.824 bits per heavy atom. The molecule has 0 aliphatic rings. The van der Waals surface area contributed by atoms with Gasteiger partial charge in [0.25, 0.3) is 0 Å². The summed E-state index contributed by atoms with van der Waals surface area (Å²) in [6, 6.07) is 20.9. The molecule has 3 heteroatoms. The summed E-state index contributed by atoms with van der Waals surface area (Å²) in [4.78, 5) is 10.2. The van der Waals surface area contributed by atoms with E-state index < -0.39 is 0 Å². The Hall–Kier alpha value is -1.73. The molecule has 0 saturated heterocycles. The van der Waals surface area contributed by atoms with Crippen molar-refractivity contribution in [3.63, 3.8) is 0 Å². The van der Waals surface area contributed by atoms with E-state index in [2.05, 4.69) is 74.5 Å². The third-order valence-electron chi connectivity index (χ3n) is 10.4. The maximum atomic E-state index is 5.13. The van der Waals surface area contributed by atoms with Gasteiger partial charge in [-0.2, -0.15) is 0 Å². The molecule has 0 aliphatic carbocycles. The van der Waals surface area contributed by atoms with Gasteiger partial charge in [-0.3, -0.25) is 9.98 Å². The molecule has 0 atom stereocenters. The summed E-state index contributed by atoms with van der Waals surface area (Å²) < 4.78 is 0. The van der Waals surface area contributed by atoms with Gasteiger partial charge in [-0.05, 0) is 49.9 Å². The Labute approximate surface area is 327 Å². The summed E-state index contributed by atoms with van der Waals surface area (Å²) in [6.45, 7) is 4.57. The van der Waals surface area contributed by atoms with Gasteiger partial charge in [0.15, 0.2) is 0 Å². The van der Waals surface area contributed by atoms with Crippen LogP contribution in [0.25, 0.3) is 0 Å². The van der Waals surface area contributed by atoms with Crippen molar-refractivity contribution in [2.75, 3.05) is 0 Å². The van der Waals surface area contributed by atoms with Crippen molar-refractivity contribution in [2.24, 2.45) is 9.98 Å². The number of hydrogen-bond acceptors (Lipinski definition) is 2. The molecule has 2 aromatic rings. The fourth-order valence-corrected chi connectivity index (χ4v) is 7.15. The second-order valence-corrected chi connectivity index (χ2v) is 15.2. The first-order valence-corrected chi connectivity index (χ1v) is 22.1. The number of hydrogen-bond donors (Lipinski definition) is 0. The molecule has 51 heavy (non-hydrogen) atoms. The zero-order valence-electron chi connectivity index (χ0n) is 33.6. The number of rotatable bonds is 35. The van der Waals surface area contributed by atoms with Gasteiger partial charge in [0.2, 0.25) is 0 Å². The molecule has 0 N–H and O–H groups in total. The molecule has 292 valence electrons. The third-order valence-corrected chi connectivity index (χ3v) is 10.4. The van der Waals surface area contributed by atoms with Crippen LogP contribution < -0.4 is 0 Å². The van der Waals surface area contributed by atoms with E-state index in [1.54, 1.807) is 0 Å². The second-order valence-electron chi connectivity index (χ2n) is 15.2. The standard InChI is InChI=1S/C48H80N2.Ni/c1-3-5-7-8-9-10-11-12-13-14-15-16-17-18-19-20-21-22-23-24-25-26-27-28-29-30-31-38-44-48(50-46-41-36-33-37-42-46)47(43-6-4-2)49-45-39-34-32-35-40-45;/h32-37,39-42H,3-31,38,43-44H2,1-2H3;. The van der Waals surface area contributed by atoms with Crippen LogP contribution >= 0.6 is 0 Å². The smallest absolute Gasteiger partial charge is 0.0633 e. The molecular weight excluding hydrogens is 663 g/mol. The Bertz CT molecular complexity index is 1050. The molecule has 0 unspecified atom stereocenters. The maximum Gasteiger partial charge on any atom is 0.0633 e. The van der Waals surface area contributed by atoms with Gasteiger partial charge in [0.1, 0.15) is 0 Å². The zero-order valence-corrected chi connectivity index (χ0v) is 34.6.